The number of rotatable bonds is 7. The number of carboxylic acid groups (broad SMARTS) is 1. The third kappa shape index (κ3) is 10.7. The number of H-pyrrole nitrogens is 2. The number of nitrogens with one attached hydrogen (secondary N) is 4. The highest BCUT2D eigenvalue weighted by atomic mass is 19.4. The highest BCUT2D eigenvalue weighted by Gasteiger charge is 2.38. The van der Waals surface area contributed by atoms with E-state index in [2.05, 4.69) is 106 Å². The van der Waals surface area contributed by atoms with Crippen molar-refractivity contribution >= 4 is 39.4 Å². The van der Waals surface area contributed by atoms with Crippen LogP contribution in [0.5, 0.6) is 0 Å². The Morgan fingerprint density at radius 3 is 2.29 bits per heavy atom. The molecule has 0 saturated carbocycles. The van der Waals surface area contributed by atoms with Gasteiger partial charge in [0.25, 0.3) is 5.91 Å². The number of fused-ring (bicyclic) bond motifs is 2. The number of alkyl halides is 3. The number of hydrogen-bond donors (Lipinski definition) is 5. The highest BCUT2D eigenvalue weighted by molar-refractivity contribution is 6.09. The molecule has 55 heavy (non-hydrogen) atoms. The van der Waals surface area contributed by atoms with Crippen molar-refractivity contribution in [1.82, 2.24) is 40.2 Å². The van der Waals surface area contributed by atoms with E-state index in [4.69, 9.17) is 14.9 Å². The summed E-state index contributed by atoms with van der Waals surface area (Å²) in [5, 5.41) is 22.9. The lowest BCUT2D eigenvalue weighted by molar-refractivity contribution is -0.192. The second-order valence-electron chi connectivity index (χ2n) is 14.7. The largest absolute Gasteiger partial charge is 0.490 e. The predicted molar refractivity (Wildman–Crippen MR) is 210 cm³/mol. The van der Waals surface area contributed by atoms with E-state index in [0.29, 0.717) is 35.5 Å². The van der Waals surface area contributed by atoms with Crippen molar-refractivity contribution in [3.05, 3.63) is 78.4 Å². The molecule has 3 aromatic heterocycles. The Morgan fingerprint density at radius 1 is 0.927 bits per heavy atom. The van der Waals surface area contributed by atoms with Crippen LogP contribution in [0.3, 0.4) is 0 Å². The van der Waals surface area contributed by atoms with Gasteiger partial charge in [0, 0.05) is 92.5 Å². The number of aromatic amines is 2. The minimum absolute atomic E-state index is 0.232. The Labute approximate surface area is 319 Å². The van der Waals surface area contributed by atoms with E-state index < -0.39 is 12.1 Å². The fraction of sp³-hybridized carbons (Fsp3) is 0.450. The number of halogens is 3. The molecule has 296 valence electrons. The van der Waals surface area contributed by atoms with Gasteiger partial charge < -0.3 is 20.7 Å². The summed E-state index contributed by atoms with van der Waals surface area (Å²) in [6.45, 7) is 20.9. The standard InChI is InChI=1S/C30H33N7O.C8H18N2.C2HF3O2/c1-19(2)37-13-12-36(17-20(37)3)18-22-6-4-9-27(33-22)30(38)34-28-14-21(15-29-25(28)16-32-35-29)23-7-5-8-26-24(23)10-11-31-26;1-7(2)10-5-4-9-6-8(10)3;3-2(4,5)1(6)7/h4-11,14-16,19-20,31H,12-13,17-18H2,1-3H3,(H,32,35)(H,34,38);7-9H,4-6H2,1-3H3;(H,6,7). The molecule has 2 atom stereocenters. The minimum Gasteiger partial charge on any atom is -0.475 e. The van der Waals surface area contributed by atoms with Gasteiger partial charge in [-0.3, -0.25) is 24.6 Å². The monoisotopic (exact) mass is 763 g/mol. The molecule has 15 heteroatoms. The van der Waals surface area contributed by atoms with Gasteiger partial charge in [0.15, 0.2) is 0 Å². The lowest BCUT2D eigenvalue weighted by atomic mass is 9.99. The van der Waals surface area contributed by atoms with Crippen LogP contribution in [0.25, 0.3) is 32.9 Å². The molecule has 2 aliphatic heterocycles. The number of carbonyl (C=O) groups is 2. The van der Waals surface area contributed by atoms with E-state index in [1.165, 1.54) is 6.54 Å². The molecule has 0 bridgehead atoms. The van der Waals surface area contributed by atoms with Crippen molar-refractivity contribution in [2.75, 3.05) is 44.6 Å². The van der Waals surface area contributed by atoms with Gasteiger partial charge in [-0.1, -0.05) is 18.2 Å². The molecule has 12 nitrogen and oxygen atoms in total. The van der Waals surface area contributed by atoms with Crippen LogP contribution < -0.4 is 10.6 Å². The van der Waals surface area contributed by atoms with Crippen LogP contribution in [0, 0.1) is 0 Å². The first-order chi connectivity index (χ1) is 26.1. The number of anilines is 1. The molecule has 1 amide bonds. The van der Waals surface area contributed by atoms with Crippen molar-refractivity contribution < 1.29 is 27.9 Å². The number of pyridine rings is 1. The average molecular weight is 764 g/mol. The molecule has 5 N–H and O–H groups in total. The third-order valence-corrected chi connectivity index (χ3v) is 10.0. The number of piperazine rings is 2. The summed E-state index contributed by atoms with van der Waals surface area (Å²) < 4.78 is 31.7. The van der Waals surface area contributed by atoms with Crippen molar-refractivity contribution in [3.63, 3.8) is 0 Å². The molecular weight excluding hydrogens is 711 g/mol. The fourth-order valence-electron chi connectivity index (χ4n) is 7.34. The lowest BCUT2D eigenvalue weighted by Gasteiger charge is -2.42. The summed E-state index contributed by atoms with van der Waals surface area (Å²) in [6.07, 6.45) is -1.40. The second-order valence-corrected chi connectivity index (χ2v) is 14.7. The molecule has 2 unspecified atom stereocenters. The third-order valence-electron chi connectivity index (χ3n) is 10.0. The van der Waals surface area contributed by atoms with Crippen LogP contribution in [-0.4, -0.2) is 121 Å². The van der Waals surface area contributed by atoms with Crippen LogP contribution in [-0.2, 0) is 11.3 Å². The molecule has 0 spiro atoms. The molecule has 0 radical (unpaired) electrons. The van der Waals surface area contributed by atoms with Gasteiger partial charge in [-0.05, 0) is 89.1 Å². The zero-order valence-corrected chi connectivity index (χ0v) is 32.2. The van der Waals surface area contributed by atoms with Crippen LogP contribution in [0.4, 0.5) is 18.9 Å². The topological polar surface area (TPSA) is 146 Å². The zero-order chi connectivity index (χ0) is 39.9. The van der Waals surface area contributed by atoms with Gasteiger partial charge in [-0.15, -0.1) is 0 Å². The quantitative estimate of drug-likeness (QED) is 0.124. The first kappa shape index (κ1) is 41.3. The molecular formula is C40H52F3N9O3. The van der Waals surface area contributed by atoms with Gasteiger partial charge >= 0.3 is 12.1 Å². The maximum atomic E-state index is 13.4. The molecule has 7 rings (SSSR count). The molecule has 5 heterocycles. The fourth-order valence-corrected chi connectivity index (χ4v) is 7.34. The SMILES string of the molecule is CC(C)N1CCN(Cc2cccc(C(=O)Nc3cc(-c4cccc5[nH]ccc45)cc4[nH]ncc34)n2)CC1C.CC(C)N1CCNCC1C.O=C(O)C(F)(F)F. The summed E-state index contributed by atoms with van der Waals surface area (Å²) in [7, 11) is 0. The number of carbonyl (C=O) groups excluding carboxylic acids is 1. The summed E-state index contributed by atoms with van der Waals surface area (Å²) in [6, 6.07) is 20.5. The van der Waals surface area contributed by atoms with Crippen molar-refractivity contribution in [2.45, 2.75) is 78.4 Å². The Balaban J connectivity index is 0.000000283. The van der Waals surface area contributed by atoms with Crippen LogP contribution in [0.15, 0.2) is 67.0 Å². The van der Waals surface area contributed by atoms with E-state index >= 15 is 0 Å². The number of hydrogen-bond acceptors (Lipinski definition) is 8. The van der Waals surface area contributed by atoms with Gasteiger partial charge in [-0.25, -0.2) is 9.78 Å². The van der Waals surface area contributed by atoms with E-state index in [9.17, 15) is 18.0 Å². The average Bonchev–Trinajstić information content (AvgIpc) is 3.82. The number of aromatic nitrogens is 4. The summed E-state index contributed by atoms with van der Waals surface area (Å²) in [5.74, 6) is -2.99. The molecule has 5 aromatic rings. The Hall–Kier alpha value is -4.83. The van der Waals surface area contributed by atoms with Gasteiger partial charge in [0.1, 0.15) is 5.69 Å². The maximum Gasteiger partial charge on any atom is 0.490 e. The second kappa shape index (κ2) is 18.2. The molecule has 2 aliphatic rings. The molecule has 0 aliphatic carbocycles. The Bertz CT molecular complexity index is 2040. The van der Waals surface area contributed by atoms with E-state index in [0.717, 1.165) is 77.9 Å². The van der Waals surface area contributed by atoms with Gasteiger partial charge in [0.05, 0.1) is 23.1 Å². The van der Waals surface area contributed by atoms with Crippen LogP contribution in [0.1, 0.15) is 57.7 Å². The summed E-state index contributed by atoms with van der Waals surface area (Å²) in [5.41, 5.74) is 6.03. The molecule has 2 aromatic carbocycles. The number of carboxylic acids is 1. The summed E-state index contributed by atoms with van der Waals surface area (Å²) in [4.78, 5) is 37.8. The number of nitrogens with zero attached hydrogens (tertiary/aromatic N) is 5. The van der Waals surface area contributed by atoms with Crippen LogP contribution in [0.2, 0.25) is 0 Å². The zero-order valence-electron chi connectivity index (χ0n) is 32.2. The Kier molecular flexibility index (Phi) is 13.7. The Morgan fingerprint density at radius 2 is 1.64 bits per heavy atom. The van der Waals surface area contributed by atoms with Crippen molar-refractivity contribution in [3.8, 4) is 11.1 Å². The molecule has 2 fully saturated rings. The van der Waals surface area contributed by atoms with Gasteiger partial charge in [0.2, 0.25) is 0 Å². The highest BCUT2D eigenvalue weighted by Crippen LogP contribution is 2.34. The number of aliphatic carboxylic acids is 1. The van der Waals surface area contributed by atoms with E-state index in [1.54, 1.807) is 12.3 Å². The smallest absolute Gasteiger partial charge is 0.475 e. The summed E-state index contributed by atoms with van der Waals surface area (Å²) >= 11 is 0. The van der Waals surface area contributed by atoms with E-state index in [-0.39, 0.29) is 5.91 Å². The van der Waals surface area contributed by atoms with Gasteiger partial charge in [-0.2, -0.15) is 18.3 Å². The lowest BCUT2D eigenvalue weighted by Crippen LogP contribution is -2.53. The first-order valence-corrected chi connectivity index (χ1v) is 18.7. The van der Waals surface area contributed by atoms with Crippen LogP contribution >= 0.6 is 0 Å². The normalized spacial score (nSPS) is 18.5. The van der Waals surface area contributed by atoms with Crippen molar-refractivity contribution in [1.29, 1.82) is 0 Å². The number of amides is 1. The minimum atomic E-state index is -5.08. The molecule has 2 saturated heterocycles. The predicted octanol–water partition coefficient (Wildman–Crippen LogP) is 6.59. The first-order valence-electron chi connectivity index (χ1n) is 18.7. The maximum absolute atomic E-state index is 13.4. The van der Waals surface area contributed by atoms with E-state index in [1.807, 2.05) is 30.5 Å². The van der Waals surface area contributed by atoms with Crippen molar-refractivity contribution in [2.24, 2.45) is 0 Å². The number of benzene rings is 2.